The van der Waals surface area contributed by atoms with Crippen molar-refractivity contribution in [2.75, 3.05) is 0 Å². The van der Waals surface area contributed by atoms with Crippen molar-refractivity contribution in [1.29, 1.82) is 0 Å². The summed E-state index contributed by atoms with van der Waals surface area (Å²) in [6.07, 6.45) is 10.9. The molecule has 0 saturated heterocycles. The van der Waals surface area contributed by atoms with Crippen LogP contribution >= 0.6 is 0 Å². The van der Waals surface area contributed by atoms with Crippen LogP contribution in [-0.2, 0) is 19.3 Å². The lowest BCUT2D eigenvalue weighted by Crippen LogP contribution is -2.03. The monoisotopic (exact) mass is 488 g/mol. The van der Waals surface area contributed by atoms with Crippen LogP contribution in [-0.4, -0.2) is 0 Å². The molecule has 0 radical (unpaired) electrons. The van der Waals surface area contributed by atoms with Crippen LogP contribution in [0.3, 0.4) is 0 Å². The molecule has 0 spiro atoms. The van der Waals surface area contributed by atoms with Crippen LogP contribution in [0.5, 0.6) is 0 Å². The molecule has 0 heterocycles. The molecule has 0 N–H and O–H groups in total. The van der Waals surface area contributed by atoms with Gasteiger partial charge in [0.15, 0.2) is 11.6 Å². The van der Waals surface area contributed by atoms with Crippen molar-refractivity contribution >= 4 is 5.57 Å². The summed E-state index contributed by atoms with van der Waals surface area (Å²) in [5.74, 6) is -1.43. The second-order valence-corrected chi connectivity index (χ2v) is 9.81. The third kappa shape index (κ3) is 6.19. The molecule has 1 aliphatic rings. The minimum absolute atomic E-state index is 0.146. The van der Waals surface area contributed by atoms with Gasteiger partial charge in [-0.3, -0.25) is 0 Å². The van der Waals surface area contributed by atoms with Gasteiger partial charge < -0.3 is 0 Å². The highest BCUT2D eigenvalue weighted by Crippen LogP contribution is 2.34. The van der Waals surface area contributed by atoms with Gasteiger partial charge in [-0.25, -0.2) is 13.2 Å². The van der Waals surface area contributed by atoms with E-state index in [9.17, 15) is 13.2 Å². The molecule has 3 heteroatoms. The lowest BCUT2D eigenvalue weighted by atomic mass is 9.88. The van der Waals surface area contributed by atoms with Crippen LogP contribution in [0, 0.1) is 17.6 Å². The molecule has 0 aliphatic heterocycles. The van der Waals surface area contributed by atoms with Crippen molar-refractivity contribution in [3.05, 3.63) is 113 Å². The number of hydrogen-bond acceptors (Lipinski definition) is 0. The van der Waals surface area contributed by atoms with Crippen LogP contribution < -0.4 is 0 Å². The van der Waals surface area contributed by atoms with Gasteiger partial charge in [0.1, 0.15) is 5.83 Å². The van der Waals surface area contributed by atoms with Crippen molar-refractivity contribution in [3.63, 3.8) is 0 Å². The Morgan fingerprint density at radius 3 is 2.00 bits per heavy atom. The zero-order valence-corrected chi connectivity index (χ0v) is 21.3. The lowest BCUT2D eigenvalue weighted by Gasteiger charge is -2.18. The van der Waals surface area contributed by atoms with E-state index in [0.29, 0.717) is 29.5 Å². The number of hydrogen-bond donors (Lipinski definition) is 0. The third-order valence-electron chi connectivity index (χ3n) is 7.11. The molecular weight excluding hydrogens is 453 g/mol. The molecule has 0 nitrogen and oxygen atoms in total. The van der Waals surface area contributed by atoms with Crippen molar-refractivity contribution in [2.45, 2.75) is 65.2 Å². The van der Waals surface area contributed by atoms with Gasteiger partial charge in [0.25, 0.3) is 0 Å². The molecule has 36 heavy (non-hydrogen) atoms. The Morgan fingerprint density at radius 2 is 1.36 bits per heavy atom. The second kappa shape index (κ2) is 12.3. The summed E-state index contributed by atoms with van der Waals surface area (Å²) in [4.78, 5) is 0. The Hall–Kier alpha value is -3.07. The van der Waals surface area contributed by atoms with Gasteiger partial charge in [-0.15, -0.1) is 0 Å². The molecule has 3 aromatic carbocycles. The predicted molar refractivity (Wildman–Crippen MR) is 144 cm³/mol. The van der Waals surface area contributed by atoms with E-state index in [1.165, 1.54) is 5.56 Å². The maximum absolute atomic E-state index is 14.9. The van der Waals surface area contributed by atoms with E-state index in [1.54, 1.807) is 18.2 Å². The van der Waals surface area contributed by atoms with Gasteiger partial charge in [0.05, 0.1) is 0 Å². The number of halogens is 3. The average Bonchev–Trinajstić information content (AvgIpc) is 2.90. The van der Waals surface area contributed by atoms with Gasteiger partial charge in [0.2, 0.25) is 0 Å². The third-order valence-corrected chi connectivity index (χ3v) is 7.11. The highest BCUT2D eigenvalue weighted by molar-refractivity contribution is 5.78. The van der Waals surface area contributed by atoms with E-state index >= 15 is 0 Å². The summed E-state index contributed by atoms with van der Waals surface area (Å²) in [5, 5.41) is 0. The molecule has 0 fully saturated rings. The molecule has 0 aromatic heterocycles. The Labute approximate surface area is 213 Å². The SMILES string of the molecule is CCCCC1C=C(F)C(c2ccc(CCc3ccc(-c4ccc(CCC)cc4)c(F)c3F)cc2)=CC1. The Kier molecular flexibility index (Phi) is 8.85. The first kappa shape index (κ1) is 26.0. The lowest BCUT2D eigenvalue weighted by molar-refractivity contribution is 0.501. The first-order valence-corrected chi connectivity index (χ1v) is 13.2. The number of allylic oxidation sites excluding steroid dienone is 4. The standard InChI is InChI=1S/C33H35F3/c1-3-5-7-25-13-20-29(31(34)22-25)26-14-10-24(11-15-26)12-18-28-19-21-30(33(36)32(28)35)27-16-8-23(6-4-2)9-17-27/h8-11,14-17,19-22,25H,3-7,12-13,18H2,1-2H3. The summed E-state index contributed by atoms with van der Waals surface area (Å²) in [6.45, 7) is 4.27. The van der Waals surface area contributed by atoms with Crippen LogP contribution in [0.1, 0.15) is 68.2 Å². The molecule has 0 bridgehead atoms. The topological polar surface area (TPSA) is 0 Å². The largest absolute Gasteiger partial charge is 0.207 e. The fourth-order valence-electron chi connectivity index (χ4n) is 4.93. The molecule has 1 atom stereocenters. The summed E-state index contributed by atoms with van der Waals surface area (Å²) >= 11 is 0. The molecule has 1 unspecified atom stereocenters. The van der Waals surface area contributed by atoms with E-state index in [1.807, 2.05) is 54.6 Å². The summed E-state index contributed by atoms with van der Waals surface area (Å²) in [5.41, 5.74) is 5.05. The Bertz CT molecular complexity index is 1220. The fourth-order valence-corrected chi connectivity index (χ4v) is 4.93. The minimum atomic E-state index is -0.796. The van der Waals surface area contributed by atoms with E-state index in [-0.39, 0.29) is 17.3 Å². The van der Waals surface area contributed by atoms with E-state index in [0.717, 1.165) is 49.7 Å². The molecule has 3 aromatic rings. The van der Waals surface area contributed by atoms with E-state index in [4.69, 9.17) is 0 Å². The van der Waals surface area contributed by atoms with Crippen LogP contribution in [0.2, 0.25) is 0 Å². The first-order valence-electron chi connectivity index (χ1n) is 13.2. The molecular formula is C33H35F3. The Balaban J connectivity index is 1.40. The molecule has 4 rings (SSSR count). The van der Waals surface area contributed by atoms with E-state index in [2.05, 4.69) is 13.8 Å². The summed E-state index contributed by atoms with van der Waals surface area (Å²) in [6, 6.07) is 18.8. The average molecular weight is 489 g/mol. The minimum Gasteiger partial charge on any atom is -0.207 e. The van der Waals surface area contributed by atoms with Crippen molar-refractivity contribution < 1.29 is 13.2 Å². The fraction of sp³-hybridized carbons (Fsp3) is 0.333. The number of unbranched alkanes of at least 4 members (excludes halogenated alkanes) is 1. The molecule has 0 amide bonds. The highest BCUT2D eigenvalue weighted by atomic mass is 19.2. The summed E-state index contributed by atoms with van der Waals surface area (Å²) < 4.78 is 44.5. The zero-order chi connectivity index (χ0) is 25.5. The molecule has 188 valence electrons. The smallest absolute Gasteiger partial charge is 0.166 e. The van der Waals surface area contributed by atoms with Crippen LogP contribution in [0.25, 0.3) is 16.7 Å². The quantitative estimate of drug-likeness (QED) is 0.266. The van der Waals surface area contributed by atoms with Crippen molar-refractivity contribution in [2.24, 2.45) is 5.92 Å². The first-order chi connectivity index (χ1) is 17.5. The van der Waals surface area contributed by atoms with Crippen LogP contribution in [0.15, 0.2) is 78.6 Å². The zero-order valence-electron chi connectivity index (χ0n) is 21.3. The van der Waals surface area contributed by atoms with Gasteiger partial charge >= 0.3 is 0 Å². The van der Waals surface area contributed by atoms with Gasteiger partial charge in [-0.2, -0.15) is 0 Å². The Morgan fingerprint density at radius 1 is 0.694 bits per heavy atom. The maximum atomic E-state index is 14.9. The predicted octanol–water partition coefficient (Wildman–Crippen LogP) is 9.82. The number of aryl methyl sites for hydroxylation is 3. The number of rotatable bonds is 10. The van der Waals surface area contributed by atoms with Crippen molar-refractivity contribution in [3.8, 4) is 11.1 Å². The van der Waals surface area contributed by atoms with Gasteiger partial charge in [0, 0.05) is 11.1 Å². The summed E-state index contributed by atoms with van der Waals surface area (Å²) in [7, 11) is 0. The molecule has 0 saturated carbocycles. The van der Waals surface area contributed by atoms with E-state index < -0.39 is 11.6 Å². The molecule has 1 aliphatic carbocycles. The van der Waals surface area contributed by atoms with Gasteiger partial charge in [-0.05, 0) is 71.9 Å². The van der Waals surface area contributed by atoms with Gasteiger partial charge in [-0.1, -0.05) is 99.8 Å². The second-order valence-electron chi connectivity index (χ2n) is 9.81. The van der Waals surface area contributed by atoms with Crippen molar-refractivity contribution in [1.82, 2.24) is 0 Å². The maximum Gasteiger partial charge on any atom is 0.166 e. The highest BCUT2D eigenvalue weighted by Gasteiger charge is 2.18. The number of benzene rings is 3. The van der Waals surface area contributed by atoms with Crippen LogP contribution in [0.4, 0.5) is 13.2 Å². The normalized spacial score (nSPS) is 15.5.